The van der Waals surface area contributed by atoms with E-state index in [1.165, 1.54) is 0 Å². The van der Waals surface area contributed by atoms with Gasteiger partial charge in [0.1, 0.15) is 0 Å². The lowest BCUT2D eigenvalue weighted by Crippen LogP contribution is -1.97. The summed E-state index contributed by atoms with van der Waals surface area (Å²) in [5.74, 6) is 0. The molecule has 4 heteroatoms. The number of nitriles is 2. The summed E-state index contributed by atoms with van der Waals surface area (Å²) in [5.41, 5.74) is 17.9. The van der Waals surface area contributed by atoms with Crippen LogP contribution in [0.1, 0.15) is 11.1 Å². The average molecular weight is 310 g/mol. The van der Waals surface area contributed by atoms with Crippen molar-refractivity contribution in [1.82, 2.24) is 0 Å². The normalized spacial score (nSPS) is 9.92. The van der Waals surface area contributed by atoms with Crippen molar-refractivity contribution in [3.8, 4) is 34.4 Å². The molecular formula is C20H14N4. The van der Waals surface area contributed by atoms with E-state index >= 15 is 0 Å². The standard InChI is InChI=1S/C20H14N4/c21-11-13-1-5-15(6-2-13)17-9-19(23)20(24)10-18(17)16-7-3-14(12-22)4-8-16/h1-10H,23-24H2. The lowest BCUT2D eigenvalue weighted by molar-refractivity contribution is 1.47. The van der Waals surface area contributed by atoms with Crippen LogP contribution in [0.3, 0.4) is 0 Å². The SMILES string of the molecule is N#Cc1ccc(-c2cc(N)c(N)cc2-c2ccc(C#N)cc2)cc1. The van der Waals surface area contributed by atoms with E-state index in [0.29, 0.717) is 22.5 Å². The molecular weight excluding hydrogens is 296 g/mol. The van der Waals surface area contributed by atoms with Crippen LogP contribution in [-0.2, 0) is 0 Å². The highest BCUT2D eigenvalue weighted by molar-refractivity contribution is 5.89. The van der Waals surface area contributed by atoms with E-state index in [-0.39, 0.29) is 0 Å². The minimum Gasteiger partial charge on any atom is -0.397 e. The van der Waals surface area contributed by atoms with E-state index in [0.717, 1.165) is 22.3 Å². The summed E-state index contributed by atoms with van der Waals surface area (Å²) in [5, 5.41) is 17.9. The van der Waals surface area contributed by atoms with E-state index in [2.05, 4.69) is 12.1 Å². The molecule has 3 rings (SSSR count). The fraction of sp³-hybridized carbons (Fsp3) is 0. The van der Waals surface area contributed by atoms with Gasteiger partial charge in [0.25, 0.3) is 0 Å². The van der Waals surface area contributed by atoms with Crippen molar-refractivity contribution >= 4 is 11.4 Å². The lowest BCUT2D eigenvalue weighted by Gasteiger charge is -2.13. The molecule has 0 radical (unpaired) electrons. The second-order valence-corrected chi connectivity index (χ2v) is 5.41. The number of nitrogens with zero attached hydrogens (tertiary/aromatic N) is 2. The third kappa shape index (κ3) is 2.77. The fourth-order valence-electron chi connectivity index (χ4n) is 2.56. The van der Waals surface area contributed by atoms with E-state index in [4.69, 9.17) is 22.0 Å². The monoisotopic (exact) mass is 310 g/mol. The summed E-state index contributed by atoms with van der Waals surface area (Å²) in [4.78, 5) is 0. The Morgan fingerprint density at radius 1 is 0.583 bits per heavy atom. The van der Waals surface area contributed by atoms with E-state index in [9.17, 15) is 0 Å². The van der Waals surface area contributed by atoms with Gasteiger partial charge in [0.15, 0.2) is 0 Å². The molecule has 0 aromatic heterocycles. The van der Waals surface area contributed by atoms with Crippen molar-refractivity contribution in [2.45, 2.75) is 0 Å². The van der Waals surface area contributed by atoms with Gasteiger partial charge in [0, 0.05) is 0 Å². The maximum absolute atomic E-state index is 8.95. The van der Waals surface area contributed by atoms with Crippen LogP contribution in [0.5, 0.6) is 0 Å². The quantitative estimate of drug-likeness (QED) is 0.700. The predicted molar refractivity (Wildman–Crippen MR) is 95.6 cm³/mol. The molecule has 0 aliphatic carbocycles. The molecule has 0 heterocycles. The van der Waals surface area contributed by atoms with Crippen LogP contribution < -0.4 is 11.5 Å². The Bertz CT molecular complexity index is 890. The smallest absolute Gasteiger partial charge is 0.0991 e. The van der Waals surface area contributed by atoms with Gasteiger partial charge in [-0.15, -0.1) is 0 Å². The van der Waals surface area contributed by atoms with Crippen LogP contribution >= 0.6 is 0 Å². The van der Waals surface area contributed by atoms with Crippen molar-refractivity contribution in [1.29, 1.82) is 10.5 Å². The van der Waals surface area contributed by atoms with Gasteiger partial charge < -0.3 is 11.5 Å². The molecule has 0 bridgehead atoms. The Morgan fingerprint density at radius 2 is 0.917 bits per heavy atom. The summed E-state index contributed by atoms with van der Waals surface area (Å²) < 4.78 is 0. The lowest BCUT2D eigenvalue weighted by atomic mass is 9.92. The molecule has 0 unspecified atom stereocenters. The molecule has 0 saturated carbocycles. The molecule has 0 aliphatic rings. The molecule has 3 aromatic rings. The minimum absolute atomic E-state index is 0.506. The van der Waals surface area contributed by atoms with Crippen molar-refractivity contribution in [3.63, 3.8) is 0 Å². The third-order valence-electron chi connectivity index (χ3n) is 3.87. The average Bonchev–Trinajstić information content (AvgIpc) is 2.64. The maximum atomic E-state index is 8.95. The van der Waals surface area contributed by atoms with Crippen LogP contribution in [0.4, 0.5) is 11.4 Å². The summed E-state index contributed by atoms with van der Waals surface area (Å²) in [7, 11) is 0. The van der Waals surface area contributed by atoms with Crippen LogP contribution in [0.25, 0.3) is 22.3 Å². The molecule has 0 atom stereocenters. The Morgan fingerprint density at radius 3 is 1.21 bits per heavy atom. The fourth-order valence-corrected chi connectivity index (χ4v) is 2.56. The van der Waals surface area contributed by atoms with E-state index in [1.54, 1.807) is 24.3 Å². The first-order valence-corrected chi connectivity index (χ1v) is 7.32. The largest absolute Gasteiger partial charge is 0.397 e. The highest BCUT2D eigenvalue weighted by Crippen LogP contribution is 2.36. The number of nitrogens with two attached hydrogens (primary N) is 2. The predicted octanol–water partition coefficient (Wildman–Crippen LogP) is 3.93. The van der Waals surface area contributed by atoms with Crippen LogP contribution in [-0.4, -0.2) is 0 Å². The van der Waals surface area contributed by atoms with Gasteiger partial charge in [0.2, 0.25) is 0 Å². The summed E-state index contributed by atoms with van der Waals surface area (Å²) in [6.45, 7) is 0. The van der Waals surface area contributed by atoms with Gasteiger partial charge in [-0.25, -0.2) is 0 Å². The minimum atomic E-state index is 0.506. The van der Waals surface area contributed by atoms with Crippen LogP contribution in [0, 0.1) is 22.7 Å². The number of hydrogen-bond donors (Lipinski definition) is 2. The number of hydrogen-bond acceptors (Lipinski definition) is 4. The molecule has 0 fully saturated rings. The van der Waals surface area contributed by atoms with E-state index < -0.39 is 0 Å². The number of anilines is 2. The summed E-state index contributed by atoms with van der Waals surface area (Å²) in [6, 6.07) is 22.5. The Hall–Kier alpha value is -3.76. The zero-order valence-electron chi connectivity index (χ0n) is 12.8. The molecule has 0 aliphatic heterocycles. The van der Waals surface area contributed by atoms with Crippen molar-refractivity contribution < 1.29 is 0 Å². The molecule has 0 saturated heterocycles. The Labute approximate surface area is 140 Å². The third-order valence-corrected chi connectivity index (χ3v) is 3.87. The molecule has 0 amide bonds. The first kappa shape index (κ1) is 15.1. The Kier molecular flexibility index (Phi) is 3.89. The molecule has 3 aromatic carbocycles. The maximum Gasteiger partial charge on any atom is 0.0991 e. The van der Waals surface area contributed by atoms with Gasteiger partial charge in [0.05, 0.1) is 34.6 Å². The topological polar surface area (TPSA) is 99.6 Å². The van der Waals surface area contributed by atoms with Crippen molar-refractivity contribution in [3.05, 3.63) is 71.8 Å². The van der Waals surface area contributed by atoms with Crippen molar-refractivity contribution in [2.75, 3.05) is 11.5 Å². The molecule has 24 heavy (non-hydrogen) atoms. The molecule has 4 N–H and O–H groups in total. The highest BCUT2D eigenvalue weighted by atomic mass is 14.7. The van der Waals surface area contributed by atoms with Gasteiger partial charge in [-0.3, -0.25) is 0 Å². The molecule has 0 spiro atoms. The van der Waals surface area contributed by atoms with Crippen molar-refractivity contribution in [2.24, 2.45) is 0 Å². The second kappa shape index (κ2) is 6.16. The Balaban J connectivity index is 2.19. The summed E-state index contributed by atoms with van der Waals surface area (Å²) in [6.07, 6.45) is 0. The van der Waals surface area contributed by atoms with E-state index in [1.807, 2.05) is 36.4 Å². The number of benzene rings is 3. The first-order chi connectivity index (χ1) is 11.6. The van der Waals surface area contributed by atoms with Gasteiger partial charge >= 0.3 is 0 Å². The highest BCUT2D eigenvalue weighted by Gasteiger charge is 2.11. The zero-order valence-corrected chi connectivity index (χ0v) is 12.8. The van der Waals surface area contributed by atoms with Gasteiger partial charge in [-0.05, 0) is 58.7 Å². The van der Waals surface area contributed by atoms with Crippen LogP contribution in [0.15, 0.2) is 60.7 Å². The number of nitrogen functional groups attached to an aromatic ring is 2. The van der Waals surface area contributed by atoms with Gasteiger partial charge in [-0.2, -0.15) is 10.5 Å². The zero-order chi connectivity index (χ0) is 17.1. The molecule has 4 nitrogen and oxygen atoms in total. The summed E-state index contributed by atoms with van der Waals surface area (Å²) >= 11 is 0. The first-order valence-electron chi connectivity index (χ1n) is 7.32. The van der Waals surface area contributed by atoms with Gasteiger partial charge in [-0.1, -0.05) is 24.3 Å². The second-order valence-electron chi connectivity index (χ2n) is 5.41. The molecule has 114 valence electrons. The van der Waals surface area contributed by atoms with Crippen LogP contribution in [0.2, 0.25) is 0 Å². The number of rotatable bonds is 2.